The van der Waals surface area contributed by atoms with E-state index in [1.165, 1.54) is 32.2 Å². The van der Waals surface area contributed by atoms with Crippen LogP contribution in [0.4, 0.5) is 0 Å². The molecular formula is C15H29NO. The summed E-state index contributed by atoms with van der Waals surface area (Å²) < 4.78 is 5.98. The van der Waals surface area contributed by atoms with Gasteiger partial charge >= 0.3 is 0 Å². The van der Waals surface area contributed by atoms with Crippen molar-refractivity contribution in [1.29, 1.82) is 0 Å². The van der Waals surface area contributed by atoms with Crippen molar-refractivity contribution in [2.75, 3.05) is 13.2 Å². The van der Waals surface area contributed by atoms with Gasteiger partial charge < -0.3 is 10.1 Å². The van der Waals surface area contributed by atoms with Gasteiger partial charge in [-0.3, -0.25) is 0 Å². The quantitative estimate of drug-likeness (QED) is 0.736. The van der Waals surface area contributed by atoms with E-state index < -0.39 is 0 Å². The molecule has 100 valence electrons. The Hall–Kier alpha value is -0.0800. The first-order chi connectivity index (χ1) is 8.00. The smallest absolute Gasteiger partial charge is 0.0656 e. The molecule has 2 fully saturated rings. The lowest BCUT2D eigenvalue weighted by molar-refractivity contribution is -0.123. The van der Waals surface area contributed by atoms with Gasteiger partial charge in [-0.25, -0.2) is 0 Å². The van der Waals surface area contributed by atoms with Crippen molar-refractivity contribution in [3.05, 3.63) is 0 Å². The predicted octanol–water partition coefficient (Wildman–Crippen LogP) is 3.22. The van der Waals surface area contributed by atoms with E-state index >= 15 is 0 Å². The molecular weight excluding hydrogens is 210 g/mol. The number of rotatable bonds is 7. The van der Waals surface area contributed by atoms with Gasteiger partial charge in [-0.05, 0) is 31.2 Å². The third-order valence-corrected chi connectivity index (χ3v) is 4.45. The average molecular weight is 239 g/mol. The predicted molar refractivity (Wildman–Crippen MR) is 72.1 cm³/mol. The van der Waals surface area contributed by atoms with Crippen LogP contribution in [0.5, 0.6) is 0 Å². The first-order valence-electron chi connectivity index (χ1n) is 7.35. The standard InChI is InChI=1S/C15H29NO/c1-11(2)10-17-14-9-13(15(14,3)4)16-8-7-12-5-6-12/h11-14,16H,5-10H2,1-4H3. The van der Waals surface area contributed by atoms with E-state index in [1.54, 1.807) is 0 Å². The maximum absolute atomic E-state index is 5.98. The van der Waals surface area contributed by atoms with E-state index in [0.29, 0.717) is 23.5 Å². The molecule has 2 aliphatic rings. The fraction of sp³-hybridized carbons (Fsp3) is 1.00. The first-order valence-corrected chi connectivity index (χ1v) is 7.35. The van der Waals surface area contributed by atoms with Gasteiger partial charge in [0.1, 0.15) is 0 Å². The third-order valence-electron chi connectivity index (χ3n) is 4.45. The van der Waals surface area contributed by atoms with Gasteiger partial charge in [0, 0.05) is 18.1 Å². The number of ether oxygens (including phenoxy) is 1. The second-order valence-corrected chi connectivity index (χ2v) is 7.01. The Labute approximate surface area is 107 Å². The molecule has 1 N–H and O–H groups in total. The fourth-order valence-corrected chi connectivity index (χ4v) is 2.69. The molecule has 17 heavy (non-hydrogen) atoms. The SMILES string of the molecule is CC(C)COC1CC(NCCC2CC2)C1(C)C. The summed E-state index contributed by atoms with van der Waals surface area (Å²) in [5, 5.41) is 3.72. The highest BCUT2D eigenvalue weighted by atomic mass is 16.5. The first kappa shape index (κ1) is 13.4. The molecule has 0 spiro atoms. The molecule has 0 aromatic carbocycles. The molecule has 0 heterocycles. The van der Waals surface area contributed by atoms with E-state index in [0.717, 1.165) is 12.5 Å². The van der Waals surface area contributed by atoms with Gasteiger partial charge in [-0.15, -0.1) is 0 Å². The lowest BCUT2D eigenvalue weighted by Crippen LogP contribution is -2.61. The van der Waals surface area contributed by atoms with E-state index in [9.17, 15) is 0 Å². The van der Waals surface area contributed by atoms with Crippen LogP contribution in [0.15, 0.2) is 0 Å². The summed E-state index contributed by atoms with van der Waals surface area (Å²) in [5.41, 5.74) is 0.318. The number of hydrogen-bond acceptors (Lipinski definition) is 2. The molecule has 0 aromatic rings. The Balaban J connectivity index is 1.64. The summed E-state index contributed by atoms with van der Waals surface area (Å²) in [6.07, 6.45) is 5.98. The molecule has 0 radical (unpaired) electrons. The van der Waals surface area contributed by atoms with Crippen LogP contribution in [0.3, 0.4) is 0 Å². The van der Waals surface area contributed by atoms with E-state index in [2.05, 4.69) is 33.0 Å². The lowest BCUT2D eigenvalue weighted by atomic mass is 9.64. The number of nitrogens with one attached hydrogen (secondary N) is 1. The Kier molecular flexibility index (Phi) is 4.14. The molecule has 2 saturated carbocycles. The maximum atomic E-state index is 5.98. The molecule has 2 heteroatoms. The summed E-state index contributed by atoms with van der Waals surface area (Å²) in [7, 11) is 0. The third kappa shape index (κ3) is 3.45. The van der Waals surface area contributed by atoms with Gasteiger partial charge in [0.05, 0.1) is 6.10 Å². The zero-order chi connectivity index (χ0) is 12.5. The van der Waals surface area contributed by atoms with Crippen molar-refractivity contribution >= 4 is 0 Å². The van der Waals surface area contributed by atoms with Crippen LogP contribution in [0.25, 0.3) is 0 Å². The van der Waals surface area contributed by atoms with Crippen LogP contribution < -0.4 is 5.32 Å². The van der Waals surface area contributed by atoms with Gasteiger partial charge in [0.2, 0.25) is 0 Å². The van der Waals surface area contributed by atoms with Crippen molar-refractivity contribution < 1.29 is 4.74 Å². The largest absolute Gasteiger partial charge is 0.377 e. The molecule has 0 bridgehead atoms. The second kappa shape index (κ2) is 5.27. The molecule has 2 aliphatic carbocycles. The monoisotopic (exact) mass is 239 g/mol. The molecule has 0 aromatic heterocycles. The maximum Gasteiger partial charge on any atom is 0.0656 e. The van der Waals surface area contributed by atoms with E-state index in [1.807, 2.05) is 0 Å². The molecule has 2 unspecified atom stereocenters. The highest BCUT2D eigenvalue weighted by Gasteiger charge is 2.48. The van der Waals surface area contributed by atoms with E-state index in [4.69, 9.17) is 4.74 Å². The van der Waals surface area contributed by atoms with Crippen LogP contribution >= 0.6 is 0 Å². The minimum atomic E-state index is 0.318. The van der Waals surface area contributed by atoms with Crippen LogP contribution in [-0.2, 0) is 4.74 Å². The van der Waals surface area contributed by atoms with Crippen molar-refractivity contribution in [2.24, 2.45) is 17.3 Å². The van der Waals surface area contributed by atoms with E-state index in [-0.39, 0.29) is 0 Å². The van der Waals surface area contributed by atoms with Crippen molar-refractivity contribution in [2.45, 2.75) is 65.5 Å². The summed E-state index contributed by atoms with van der Waals surface area (Å²) in [6, 6.07) is 0.665. The molecule has 2 rings (SSSR count). The Morgan fingerprint density at radius 1 is 1.29 bits per heavy atom. The normalized spacial score (nSPS) is 31.6. The van der Waals surface area contributed by atoms with Crippen molar-refractivity contribution in [1.82, 2.24) is 5.32 Å². The molecule has 0 amide bonds. The average Bonchev–Trinajstić information content (AvgIpc) is 3.04. The number of hydrogen-bond donors (Lipinski definition) is 1. The molecule has 0 saturated heterocycles. The molecule has 2 nitrogen and oxygen atoms in total. The van der Waals surface area contributed by atoms with Crippen LogP contribution in [0.2, 0.25) is 0 Å². The highest BCUT2D eigenvalue weighted by molar-refractivity contribution is 5.02. The van der Waals surface area contributed by atoms with Gasteiger partial charge in [-0.2, -0.15) is 0 Å². The van der Waals surface area contributed by atoms with Crippen LogP contribution in [-0.4, -0.2) is 25.3 Å². The highest BCUT2D eigenvalue weighted by Crippen LogP contribution is 2.43. The van der Waals surface area contributed by atoms with Gasteiger partial charge in [0.25, 0.3) is 0 Å². The van der Waals surface area contributed by atoms with Gasteiger partial charge in [-0.1, -0.05) is 40.5 Å². The zero-order valence-electron chi connectivity index (χ0n) is 12.0. The fourth-order valence-electron chi connectivity index (χ4n) is 2.69. The Bertz CT molecular complexity index is 245. The van der Waals surface area contributed by atoms with Crippen molar-refractivity contribution in [3.63, 3.8) is 0 Å². The summed E-state index contributed by atoms with van der Waals surface area (Å²) in [6.45, 7) is 11.2. The topological polar surface area (TPSA) is 21.3 Å². The van der Waals surface area contributed by atoms with Crippen LogP contribution in [0.1, 0.15) is 53.4 Å². The van der Waals surface area contributed by atoms with Gasteiger partial charge in [0.15, 0.2) is 0 Å². The summed E-state index contributed by atoms with van der Waals surface area (Å²) in [4.78, 5) is 0. The minimum Gasteiger partial charge on any atom is -0.377 e. The molecule has 2 atom stereocenters. The van der Waals surface area contributed by atoms with Crippen molar-refractivity contribution in [3.8, 4) is 0 Å². The summed E-state index contributed by atoms with van der Waals surface area (Å²) in [5.74, 6) is 1.69. The lowest BCUT2D eigenvalue weighted by Gasteiger charge is -2.52. The Morgan fingerprint density at radius 2 is 2.00 bits per heavy atom. The summed E-state index contributed by atoms with van der Waals surface area (Å²) >= 11 is 0. The Morgan fingerprint density at radius 3 is 2.53 bits per heavy atom. The minimum absolute atomic E-state index is 0.318. The second-order valence-electron chi connectivity index (χ2n) is 7.01. The zero-order valence-corrected chi connectivity index (χ0v) is 12.0. The van der Waals surface area contributed by atoms with Crippen LogP contribution in [0, 0.1) is 17.3 Å². The molecule has 0 aliphatic heterocycles.